The van der Waals surface area contributed by atoms with E-state index in [0.717, 1.165) is 22.3 Å². The van der Waals surface area contributed by atoms with E-state index in [2.05, 4.69) is 9.97 Å². The molecule has 0 aliphatic carbocycles. The lowest BCUT2D eigenvalue weighted by Crippen LogP contribution is -2.07. The van der Waals surface area contributed by atoms with Gasteiger partial charge in [0.05, 0.1) is 12.2 Å². The van der Waals surface area contributed by atoms with Crippen LogP contribution in [0.2, 0.25) is 0 Å². The summed E-state index contributed by atoms with van der Waals surface area (Å²) in [4.78, 5) is 9.11. The topological polar surface area (TPSA) is 50.9 Å². The van der Waals surface area contributed by atoms with Gasteiger partial charge >= 0.3 is 0 Å². The highest BCUT2D eigenvalue weighted by Gasteiger charge is 2.21. The Morgan fingerprint density at radius 2 is 1.92 bits per heavy atom. The second-order valence-electron chi connectivity index (χ2n) is 6.19. The molecule has 0 unspecified atom stereocenters. The molecule has 0 amide bonds. The molecule has 136 valence electrons. The fourth-order valence-electron chi connectivity index (χ4n) is 2.64. The Morgan fingerprint density at radius 3 is 2.50 bits per heavy atom. The number of aliphatic hydroxyl groups is 1. The van der Waals surface area contributed by atoms with Gasteiger partial charge in [-0.1, -0.05) is 31.7 Å². The van der Waals surface area contributed by atoms with Crippen LogP contribution in [0.5, 0.6) is 0 Å². The summed E-state index contributed by atoms with van der Waals surface area (Å²) < 4.78 is 29.0. The molecule has 1 aromatic carbocycles. The van der Waals surface area contributed by atoms with Crippen LogP contribution in [-0.2, 0) is 13.2 Å². The van der Waals surface area contributed by atoms with Gasteiger partial charge in [0.15, 0.2) is 0 Å². The molecule has 7 heteroatoms. The average Bonchev–Trinajstić information content (AvgIpc) is 2.93. The van der Waals surface area contributed by atoms with Crippen molar-refractivity contribution in [1.29, 1.82) is 0 Å². The minimum atomic E-state index is -0.626. The van der Waals surface area contributed by atoms with Gasteiger partial charge in [-0.2, -0.15) is 0 Å². The van der Waals surface area contributed by atoms with Crippen LogP contribution in [0.3, 0.4) is 0 Å². The minimum Gasteiger partial charge on any atom is -0.388 e. The van der Waals surface area contributed by atoms with Crippen molar-refractivity contribution >= 4 is 11.8 Å². The van der Waals surface area contributed by atoms with Crippen LogP contribution in [0.4, 0.5) is 8.78 Å². The smallest absolute Gasteiger partial charge is 0.136 e. The maximum atomic E-state index is 13.6. The molecule has 0 aliphatic rings. The van der Waals surface area contributed by atoms with E-state index in [4.69, 9.17) is 0 Å². The van der Waals surface area contributed by atoms with Gasteiger partial charge in [0.25, 0.3) is 0 Å². The summed E-state index contributed by atoms with van der Waals surface area (Å²) in [6, 6.07) is 7.19. The minimum absolute atomic E-state index is 0.0938. The molecule has 0 saturated carbocycles. The molecule has 0 saturated heterocycles. The van der Waals surface area contributed by atoms with Gasteiger partial charge in [-0.25, -0.2) is 13.8 Å². The van der Waals surface area contributed by atoms with Crippen molar-refractivity contribution in [3.8, 4) is 0 Å². The lowest BCUT2D eigenvalue weighted by molar-refractivity contribution is 0.265. The Morgan fingerprint density at radius 1 is 1.19 bits per heavy atom. The summed E-state index contributed by atoms with van der Waals surface area (Å²) in [5.41, 5.74) is 1.73. The van der Waals surface area contributed by atoms with Crippen molar-refractivity contribution in [2.75, 3.05) is 0 Å². The van der Waals surface area contributed by atoms with Gasteiger partial charge in [-0.05, 0) is 29.7 Å². The molecule has 0 fully saturated rings. The van der Waals surface area contributed by atoms with Crippen LogP contribution in [0, 0.1) is 11.6 Å². The van der Waals surface area contributed by atoms with Crippen LogP contribution in [-0.4, -0.2) is 19.6 Å². The lowest BCUT2D eigenvalue weighted by atomic mass is 10.1. The number of aliphatic hydroxyl groups excluding tert-OH is 1. The Kier molecular flexibility index (Phi) is 5.68. The SMILES string of the molecule is CC(C)c1nc(CO)n(Cc2cccnc2)c1Sc1cc(F)cc(F)c1. The molecular formula is C19H19F2N3OS. The standard InChI is InChI=1S/C19H19F2N3OS/c1-12(2)18-19(26-16-7-14(20)6-15(21)8-16)24(17(11-25)23-18)10-13-4-3-5-22-9-13/h3-9,12,25H,10-11H2,1-2H3. The number of hydrogen-bond acceptors (Lipinski definition) is 4. The Hall–Kier alpha value is -2.25. The van der Waals surface area contributed by atoms with E-state index >= 15 is 0 Å². The van der Waals surface area contributed by atoms with Crippen molar-refractivity contribution < 1.29 is 13.9 Å². The van der Waals surface area contributed by atoms with Crippen LogP contribution in [0.1, 0.15) is 36.8 Å². The molecular weight excluding hydrogens is 356 g/mol. The van der Waals surface area contributed by atoms with Crippen molar-refractivity contribution in [3.05, 3.63) is 71.4 Å². The van der Waals surface area contributed by atoms with E-state index in [9.17, 15) is 13.9 Å². The van der Waals surface area contributed by atoms with E-state index in [0.29, 0.717) is 17.3 Å². The zero-order chi connectivity index (χ0) is 18.7. The second-order valence-corrected chi connectivity index (χ2v) is 7.25. The third kappa shape index (κ3) is 4.11. The second kappa shape index (κ2) is 7.97. The van der Waals surface area contributed by atoms with Crippen LogP contribution in [0.15, 0.2) is 52.6 Å². The zero-order valence-corrected chi connectivity index (χ0v) is 15.3. The number of aromatic nitrogens is 3. The number of halogens is 2. The summed E-state index contributed by atoms with van der Waals surface area (Å²) in [6.07, 6.45) is 3.43. The number of hydrogen-bond donors (Lipinski definition) is 1. The highest BCUT2D eigenvalue weighted by molar-refractivity contribution is 7.99. The van der Waals surface area contributed by atoms with Gasteiger partial charge in [0.2, 0.25) is 0 Å². The summed E-state index contributed by atoms with van der Waals surface area (Å²) in [5, 5.41) is 10.5. The third-order valence-electron chi connectivity index (χ3n) is 3.83. The normalized spacial score (nSPS) is 11.3. The molecule has 0 radical (unpaired) electrons. The molecule has 0 aliphatic heterocycles. The van der Waals surface area contributed by atoms with Gasteiger partial charge in [-0.15, -0.1) is 0 Å². The Bertz CT molecular complexity index is 877. The van der Waals surface area contributed by atoms with Crippen LogP contribution < -0.4 is 0 Å². The molecule has 0 bridgehead atoms. The van der Waals surface area contributed by atoms with Gasteiger partial charge < -0.3 is 9.67 Å². The molecule has 26 heavy (non-hydrogen) atoms. The molecule has 4 nitrogen and oxygen atoms in total. The van der Waals surface area contributed by atoms with E-state index in [1.54, 1.807) is 12.4 Å². The van der Waals surface area contributed by atoms with E-state index in [1.165, 1.54) is 23.9 Å². The fraction of sp³-hybridized carbons (Fsp3) is 0.263. The quantitative estimate of drug-likeness (QED) is 0.695. The van der Waals surface area contributed by atoms with E-state index in [-0.39, 0.29) is 12.5 Å². The van der Waals surface area contributed by atoms with Crippen molar-refractivity contribution in [2.45, 2.75) is 42.8 Å². The lowest BCUT2D eigenvalue weighted by Gasteiger charge is -2.13. The maximum Gasteiger partial charge on any atom is 0.136 e. The number of rotatable bonds is 6. The summed E-state index contributed by atoms with van der Waals surface area (Å²) in [7, 11) is 0. The first kappa shape index (κ1) is 18.5. The summed E-state index contributed by atoms with van der Waals surface area (Å²) in [5.74, 6) is -0.646. The largest absolute Gasteiger partial charge is 0.388 e. The molecule has 3 rings (SSSR count). The van der Waals surface area contributed by atoms with Gasteiger partial charge in [0, 0.05) is 23.4 Å². The Balaban J connectivity index is 2.07. The number of benzene rings is 1. The zero-order valence-electron chi connectivity index (χ0n) is 14.5. The van der Waals surface area contributed by atoms with E-state index in [1.807, 2.05) is 30.5 Å². The molecule has 2 heterocycles. The third-order valence-corrected chi connectivity index (χ3v) is 4.92. The van der Waals surface area contributed by atoms with Crippen LogP contribution >= 0.6 is 11.8 Å². The summed E-state index contributed by atoms with van der Waals surface area (Å²) in [6.45, 7) is 4.23. The average molecular weight is 375 g/mol. The van der Waals surface area contributed by atoms with Crippen molar-refractivity contribution in [2.24, 2.45) is 0 Å². The molecule has 0 atom stereocenters. The van der Waals surface area contributed by atoms with E-state index < -0.39 is 11.6 Å². The molecule has 1 N–H and O–H groups in total. The highest BCUT2D eigenvalue weighted by atomic mass is 32.2. The Labute approximate surface area is 154 Å². The molecule has 0 spiro atoms. The highest BCUT2D eigenvalue weighted by Crippen LogP contribution is 2.36. The maximum absolute atomic E-state index is 13.6. The number of pyridine rings is 1. The van der Waals surface area contributed by atoms with Gasteiger partial charge in [0.1, 0.15) is 29.1 Å². The predicted octanol–water partition coefficient (Wildman–Crippen LogP) is 4.37. The first-order valence-electron chi connectivity index (χ1n) is 8.21. The number of nitrogens with zero attached hydrogens (tertiary/aromatic N) is 3. The van der Waals surface area contributed by atoms with Crippen molar-refractivity contribution in [3.63, 3.8) is 0 Å². The fourth-order valence-corrected chi connectivity index (χ4v) is 3.88. The predicted molar refractivity (Wildman–Crippen MR) is 96.1 cm³/mol. The monoisotopic (exact) mass is 375 g/mol. The first-order valence-corrected chi connectivity index (χ1v) is 9.02. The number of imidazole rings is 1. The van der Waals surface area contributed by atoms with Crippen LogP contribution in [0.25, 0.3) is 0 Å². The molecule has 2 aromatic heterocycles. The summed E-state index contributed by atoms with van der Waals surface area (Å²) >= 11 is 1.24. The van der Waals surface area contributed by atoms with Crippen molar-refractivity contribution in [1.82, 2.24) is 14.5 Å². The molecule has 3 aromatic rings. The van der Waals surface area contributed by atoms with Gasteiger partial charge in [-0.3, -0.25) is 4.98 Å². The first-order chi connectivity index (χ1) is 12.5.